The summed E-state index contributed by atoms with van der Waals surface area (Å²) in [5.74, 6) is 1.01. The summed E-state index contributed by atoms with van der Waals surface area (Å²) in [6.45, 7) is 14.1. The summed E-state index contributed by atoms with van der Waals surface area (Å²) in [5.41, 5.74) is 5.51. The van der Waals surface area contributed by atoms with Crippen molar-refractivity contribution in [2.24, 2.45) is 15.9 Å². The molecule has 0 aromatic heterocycles. The molecule has 3 unspecified atom stereocenters. The predicted octanol–water partition coefficient (Wildman–Crippen LogP) is 8.88. The van der Waals surface area contributed by atoms with Crippen molar-refractivity contribution >= 4 is 34.9 Å². The number of hydrogen-bond acceptors (Lipinski definition) is 4. The van der Waals surface area contributed by atoms with E-state index in [4.69, 9.17) is 21.6 Å². The molecule has 6 heteroatoms. The molecule has 3 atom stereocenters. The number of rotatable bonds is 7. The molecule has 4 rings (SSSR count). The highest BCUT2D eigenvalue weighted by Crippen LogP contribution is 2.39. The second kappa shape index (κ2) is 14.6. The van der Waals surface area contributed by atoms with Crippen molar-refractivity contribution in [2.75, 3.05) is 5.32 Å². The molecule has 0 radical (unpaired) electrons. The van der Waals surface area contributed by atoms with Crippen molar-refractivity contribution in [3.8, 4) is 0 Å². The molecular formula is C34H41ClN4O. The minimum Gasteiger partial charge on any atom is -0.344 e. The molecule has 2 N–H and O–H groups in total. The van der Waals surface area contributed by atoms with Crippen molar-refractivity contribution in [3.05, 3.63) is 112 Å². The number of allylic oxidation sites excluding steroid dienone is 1. The summed E-state index contributed by atoms with van der Waals surface area (Å²) in [5, 5.41) is 7.29. The van der Waals surface area contributed by atoms with Crippen molar-refractivity contribution in [1.29, 1.82) is 0 Å². The van der Waals surface area contributed by atoms with E-state index in [2.05, 4.69) is 29.7 Å². The lowest BCUT2D eigenvalue weighted by Crippen LogP contribution is -2.34. The fraction of sp³-hybridized carbons (Fsp3) is 0.324. The lowest BCUT2D eigenvalue weighted by Gasteiger charge is -2.30. The number of Topliss-reactive ketones (excluding diaryl/α,β-unsaturated/α-hetero) is 1. The molecule has 0 fully saturated rings. The minimum atomic E-state index is -0.553. The molecule has 5 nitrogen and oxygen atoms in total. The molecule has 1 aliphatic rings. The van der Waals surface area contributed by atoms with E-state index >= 15 is 0 Å². The number of anilines is 1. The van der Waals surface area contributed by atoms with Gasteiger partial charge in [0.05, 0.1) is 0 Å². The van der Waals surface area contributed by atoms with Crippen LogP contribution in [0, 0.1) is 12.8 Å². The van der Waals surface area contributed by atoms with Gasteiger partial charge < -0.3 is 10.6 Å². The van der Waals surface area contributed by atoms with E-state index in [0.717, 1.165) is 28.1 Å². The van der Waals surface area contributed by atoms with Gasteiger partial charge in [-0.3, -0.25) is 4.79 Å². The first-order chi connectivity index (χ1) is 19.3. The first-order valence-electron chi connectivity index (χ1n) is 14.1. The predicted molar refractivity (Wildman–Crippen MR) is 170 cm³/mol. The molecule has 0 amide bonds. The molecule has 40 heavy (non-hydrogen) atoms. The van der Waals surface area contributed by atoms with E-state index < -0.39 is 6.04 Å². The maximum atomic E-state index is 14.1. The van der Waals surface area contributed by atoms with Crippen LogP contribution in [0.2, 0.25) is 5.02 Å². The number of benzene rings is 3. The monoisotopic (exact) mass is 556 g/mol. The van der Waals surface area contributed by atoms with Gasteiger partial charge >= 0.3 is 0 Å². The molecule has 210 valence electrons. The average Bonchev–Trinajstić information content (AvgIpc) is 2.98. The van der Waals surface area contributed by atoms with Crippen LogP contribution in [0.3, 0.4) is 0 Å². The van der Waals surface area contributed by atoms with Gasteiger partial charge in [0.1, 0.15) is 11.9 Å². The summed E-state index contributed by atoms with van der Waals surface area (Å²) < 4.78 is 0. The second-order valence-electron chi connectivity index (χ2n) is 9.74. The fourth-order valence-corrected chi connectivity index (χ4v) is 4.98. The first kappa shape index (κ1) is 30.8. The van der Waals surface area contributed by atoms with Gasteiger partial charge in [0.2, 0.25) is 5.96 Å². The van der Waals surface area contributed by atoms with Gasteiger partial charge in [-0.05, 0) is 55.0 Å². The largest absolute Gasteiger partial charge is 0.344 e. The van der Waals surface area contributed by atoms with E-state index in [1.54, 1.807) is 0 Å². The highest BCUT2D eigenvalue weighted by molar-refractivity contribution is 6.31. The Balaban J connectivity index is 0.00000216. The topological polar surface area (TPSA) is 65.8 Å². The number of carbonyl (C=O) groups is 1. The van der Waals surface area contributed by atoms with Crippen LogP contribution < -0.4 is 10.6 Å². The summed E-state index contributed by atoms with van der Waals surface area (Å²) in [7, 11) is 0. The fourth-order valence-electron chi connectivity index (χ4n) is 4.74. The van der Waals surface area contributed by atoms with Gasteiger partial charge in [0, 0.05) is 27.9 Å². The number of aliphatic imine (C=N–C) groups is 2. The van der Waals surface area contributed by atoms with Crippen LogP contribution in [-0.4, -0.2) is 17.6 Å². The smallest absolute Gasteiger partial charge is 0.224 e. The first-order valence-corrected chi connectivity index (χ1v) is 14.5. The van der Waals surface area contributed by atoms with Crippen molar-refractivity contribution < 1.29 is 4.79 Å². The molecule has 0 bridgehead atoms. The molecule has 0 spiro atoms. The summed E-state index contributed by atoms with van der Waals surface area (Å²) >= 11 is 6.66. The Morgan fingerprint density at radius 1 is 1.00 bits per heavy atom. The van der Waals surface area contributed by atoms with Crippen LogP contribution in [0.5, 0.6) is 0 Å². The number of para-hydroxylation sites is 1. The maximum Gasteiger partial charge on any atom is 0.224 e. The van der Waals surface area contributed by atoms with E-state index in [1.807, 2.05) is 108 Å². The lowest BCUT2D eigenvalue weighted by molar-refractivity contribution is -0.119. The van der Waals surface area contributed by atoms with Crippen LogP contribution in [0.1, 0.15) is 76.6 Å². The zero-order chi connectivity index (χ0) is 29.2. The molecule has 0 saturated carbocycles. The van der Waals surface area contributed by atoms with E-state index in [1.165, 1.54) is 0 Å². The molecular weight excluding hydrogens is 516 g/mol. The lowest BCUT2D eigenvalue weighted by atomic mass is 9.80. The van der Waals surface area contributed by atoms with Crippen LogP contribution >= 0.6 is 11.6 Å². The molecule has 1 heterocycles. The Bertz CT molecular complexity index is 1390. The maximum absolute atomic E-state index is 14.1. The standard InChI is InChI=1S/C32H35ClN4O.C2H6/c1-6-27-29(31(38)22(4)21(3)24-15-8-7-9-16-24)30(25-17-11-12-18-26(25)33)37-32(36-27)35-23(5)34-28-19-13-10-14-20(28)2;1-2/h7-19,21-22,30H,6H2,1-5H3,(H2,34,35,36,37);1-2H3. The number of hydrogen-bond donors (Lipinski definition) is 2. The van der Waals surface area contributed by atoms with E-state index in [-0.39, 0.29) is 17.6 Å². The molecule has 0 saturated heterocycles. The third-order valence-corrected chi connectivity index (χ3v) is 7.50. The van der Waals surface area contributed by atoms with E-state index in [9.17, 15) is 4.79 Å². The number of carbonyl (C=O) groups excluding carboxylic acids is 1. The highest BCUT2D eigenvalue weighted by atomic mass is 35.5. The number of aryl methyl sites for hydroxylation is 1. The van der Waals surface area contributed by atoms with Gasteiger partial charge in [0.15, 0.2) is 5.78 Å². The third-order valence-electron chi connectivity index (χ3n) is 7.15. The van der Waals surface area contributed by atoms with E-state index in [0.29, 0.717) is 28.8 Å². The van der Waals surface area contributed by atoms with Crippen LogP contribution in [0.15, 0.2) is 100 Å². The number of guanidine groups is 1. The molecule has 0 aliphatic carbocycles. The van der Waals surface area contributed by atoms with Gasteiger partial charge in [-0.2, -0.15) is 0 Å². The molecule has 3 aromatic carbocycles. The number of nitrogens with one attached hydrogen (secondary N) is 2. The minimum absolute atomic E-state index is 0.0464. The van der Waals surface area contributed by atoms with Crippen LogP contribution in [-0.2, 0) is 4.79 Å². The van der Waals surface area contributed by atoms with Crippen molar-refractivity contribution in [3.63, 3.8) is 0 Å². The molecule has 3 aromatic rings. The number of halogens is 1. The van der Waals surface area contributed by atoms with Gasteiger partial charge in [-0.25, -0.2) is 9.98 Å². The van der Waals surface area contributed by atoms with Crippen molar-refractivity contribution in [2.45, 2.75) is 66.8 Å². The number of ketones is 1. The van der Waals surface area contributed by atoms with Gasteiger partial charge in [-0.1, -0.05) is 113 Å². The zero-order valence-electron chi connectivity index (χ0n) is 24.6. The van der Waals surface area contributed by atoms with Gasteiger partial charge in [-0.15, -0.1) is 0 Å². The summed E-state index contributed by atoms with van der Waals surface area (Å²) in [4.78, 5) is 23.8. The Labute approximate surface area is 244 Å². The van der Waals surface area contributed by atoms with Crippen LogP contribution in [0.4, 0.5) is 5.69 Å². The normalized spacial score (nSPS) is 16.6. The second-order valence-corrected chi connectivity index (χ2v) is 10.1. The summed E-state index contributed by atoms with van der Waals surface area (Å²) in [6.07, 6.45) is 0.632. The third kappa shape index (κ3) is 7.28. The van der Waals surface area contributed by atoms with Crippen LogP contribution in [0.25, 0.3) is 0 Å². The van der Waals surface area contributed by atoms with Gasteiger partial charge in [0.25, 0.3) is 0 Å². The Kier molecular flexibility index (Phi) is 11.3. The molecule has 1 aliphatic heterocycles. The average molecular weight is 557 g/mol. The Morgan fingerprint density at radius 2 is 1.62 bits per heavy atom. The highest BCUT2D eigenvalue weighted by Gasteiger charge is 2.35. The summed E-state index contributed by atoms with van der Waals surface area (Å²) in [6, 6.07) is 25.2. The number of nitrogens with zero attached hydrogens (tertiary/aromatic N) is 2. The quantitative estimate of drug-likeness (QED) is 0.225. The SMILES string of the molecule is CC.CCC1=C(C(=O)C(C)C(C)c2ccccc2)C(c2ccccc2Cl)N=C(/N=C(/C)Nc2ccccc2C)N1. The van der Waals surface area contributed by atoms with Crippen molar-refractivity contribution in [1.82, 2.24) is 5.32 Å². The Hall–Kier alpha value is -3.70. The number of amidine groups is 1. The Morgan fingerprint density at radius 3 is 2.27 bits per heavy atom. The zero-order valence-corrected chi connectivity index (χ0v) is 25.4.